The molecular formula is C9H12INO4. The molecule has 0 saturated heterocycles. The highest BCUT2D eigenvalue weighted by atomic mass is 127. The van der Waals surface area contributed by atoms with E-state index in [-0.39, 0.29) is 6.54 Å². The van der Waals surface area contributed by atoms with Crippen LogP contribution < -0.4 is 0 Å². The minimum Gasteiger partial charge on any atom is -0.443 e. The number of ether oxygens (including phenoxy) is 1. The van der Waals surface area contributed by atoms with Crippen molar-refractivity contribution in [2.75, 3.05) is 6.54 Å². The molecule has 0 fully saturated rings. The minimum absolute atomic E-state index is 0.136. The van der Waals surface area contributed by atoms with Crippen LogP contribution in [0.4, 0.5) is 4.79 Å². The number of carbonyl (C=O) groups is 2. The van der Waals surface area contributed by atoms with Gasteiger partial charge < -0.3 is 7.80 Å². The van der Waals surface area contributed by atoms with Crippen LogP contribution in [0.1, 0.15) is 20.8 Å². The Morgan fingerprint density at radius 3 is 2.53 bits per heavy atom. The lowest BCUT2D eigenvalue weighted by atomic mass is 10.2. The highest BCUT2D eigenvalue weighted by molar-refractivity contribution is 14.1. The topological polar surface area (TPSA) is 55.8 Å². The average Bonchev–Trinajstić information content (AvgIpc) is 2.43. The van der Waals surface area contributed by atoms with E-state index in [4.69, 9.17) is 7.80 Å². The zero-order valence-corrected chi connectivity index (χ0v) is 10.9. The molecule has 15 heavy (non-hydrogen) atoms. The van der Waals surface area contributed by atoms with Crippen molar-refractivity contribution in [3.8, 4) is 0 Å². The second-order valence-electron chi connectivity index (χ2n) is 4.09. The summed E-state index contributed by atoms with van der Waals surface area (Å²) in [6.45, 7) is 5.37. The van der Waals surface area contributed by atoms with Gasteiger partial charge in [0.1, 0.15) is 11.4 Å². The Labute approximate surface area is 102 Å². The molecule has 0 radical (unpaired) electrons. The molecule has 1 aliphatic rings. The maximum absolute atomic E-state index is 11.5. The quantitative estimate of drug-likeness (QED) is 0.692. The number of halogens is 1. The molecule has 0 saturated carbocycles. The number of rotatable bonds is 1. The van der Waals surface area contributed by atoms with Crippen molar-refractivity contribution >= 4 is 35.0 Å². The summed E-state index contributed by atoms with van der Waals surface area (Å²) in [7, 11) is 0. The molecule has 0 bridgehead atoms. The van der Waals surface area contributed by atoms with Gasteiger partial charge in [0.15, 0.2) is 23.0 Å². The lowest BCUT2D eigenvalue weighted by Gasteiger charge is -2.23. The van der Waals surface area contributed by atoms with Crippen LogP contribution in [0.15, 0.2) is 11.8 Å². The predicted octanol–water partition coefficient (Wildman–Crippen LogP) is 2.01. The van der Waals surface area contributed by atoms with Gasteiger partial charge in [0.25, 0.3) is 5.91 Å². The summed E-state index contributed by atoms with van der Waals surface area (Å²) in [6.07, 6.45) is 0.628. The summed E-state index contributed by atoms with van der Waals surface area (Å²) < 4.78 is 9.91. The van der Waals surface area contributed by atoms with Crippen molar-refractivity contribution in [2.45, 2.75) is 26.4 Å². The Morgan fingerprint density at radius 2 is 2.13 bits per heavy atom. The van der Waals surface area contributed by atoms with Gasteiger partial charge in [-0.3, -0.25) is 4.79 Å². The summed E-state index contributed by atoms with van der Waals surface area (Å²) in [5.41, 5.74) is -0.606. The summed E-state index contributed by atoms with van der Waals surface area (Å²) in [5.74, 6) is 0.0439. The Kier molecular flexibility index (Phi) is 3.58. The monoisotopic (exact) mass is 325 g/mol. The number of amides is 2. The lowest BCUT2D eigenvalue weighted by Crippen LogP contribution is -2.38. The van der Waals surface area contributed by atoms with E-state index >= 15 is 0 Å². The Balaban J connectivity index is 2.62. The highest BCUT2D eigenvalue weighted by Crippen LogP contribution is 2.17. The third-order valence-electron chi connectivity index (χ3n) is 1.58. The number of carbonyl (C=O) groups excluding carboxylic acids is 2. The second-order valence-corrected chi connectivity index (χ2v) is 4.53. The molecule has 0 aromatic rings. The summed E-state index contributed by atoms with van der Waals surface area (Å²) in [5, 5.41) is 0. The molecule has 0 unspecified atom stereocenters. The van der Waals surface area contributed by atoms with Crippen LogP contribution in [0.5, 0.6) is 0 Å². The zero-order chi connectivity index (χ0) is 11.6. The van der Waals surface area contributed by atoms with E-state index in [9.17, 15) is 9.59 Å². The maximum Gasteiger partial charge on any atom is 0.417 e. The summed E-state index contributed by atoms with van der Waals surface area (Å²) >= 11 is 1.66. The number of nitrogens with zero attached hydrogens (tertiary/aromatic N) is 1. The zero-order valence-electron chi connectivity index (χ0n) is 8.74. The van der Waals surface area contributed by atoms with Gasteiger partial charge in [-0.2, -0.15) is 0 Å². The maximum atomic E-state index is 11.5. The molecule has 0 N–H and O–H groups in total. The van der Waals surface area contributed by atoms with Crippen molar-refractivity contribution in [3.05, 3.63) is 11.8 Å². The highest BCUT2D eigenvalue weighted by Gasteiger charge is 2.31. The first-order valence-corrected chi connectivity index (χ1v) is 5.25. The van der Waals surface area contributed by atoms with Gasteiger partial charge in [-0.1, -0.05) is 0 Å². The van der Waals surface area contributed by atoms with Crippen LogP contribution in [0.3, 0.4) is 0 Å². The third kappa shape index (κ3) is 3.37. The smallest absolute Gasteiger partial charge is 0.417 e. The molecule has 2 amide bonds. The summed E-state index contributed by atoms with van der Waals surface area (Å²) in [4.78, 5) is 23.9. The Morgan fingerprint density at radius 1 is 1.53 bits per heavy atom. The largest absolute Gasteiger partial charge is 0.443 e. The number of hydrogen-bond acceptors (Lipinski definition) is 4. The Bertz CT molecular complexity index is 319. The molecule has 0 aliphatic carbocycles. The van der Waals surface area contributed by atoms with Gasteiger partial charge in [0, 0.05) is 6.08 Å². The van der Waals surface area contributed by atoms with Crippen LogP contribution in [0.2, 0.25) is 0 Å². The van der Waals surface area contributed by atoms with E-state index in [1.165, 1.54) is 6.08 Å². The molecule has 0 spiro atoms. The number of imide groups is 1. The first-order valence-electron chi connectivity index (χ1n) is 4.37. The van der Waals surface area contributed by atoms with Gasteiger partial charge in [0.2, 0.25) is 0 Å². The standard InChI is InChI=1S/C9H12INO4/c1-9(2,3)14-8(13)11-5-6(15-10)4-7(11)12/h4H,5H2,1-3H3. The Hall–Kier alpha value is -0.790. The van der Waals surface area contributed by atoms with Gasteiger partial charge in [-0.05, 0) is 20.8 Å². The van der Waals surface area contributed by atoms with Crippen molar-refractivity contribution in [3.63, 3.8) is 0 Å². The predicted molar refractivity (Wildman–Crippen MR) is 61.1 cm³/mol. The minimum atomic E-state index is -0.646. The molecular weight excluding hydrogens is 313 g/mol. The molecule has 6 heteroatoms. The van der Waals surface area contributed by atoms with Crippen LogP contribution in [0.25, 0.3) is 0 Å². The third-order valence-corrected chi connectivity index (χ3v) is 2.14. The van der Waals surface area contributed by atoms with Crippen LogP contribution >= 0.6 is 23.0 Å². The van der Waals surface area contributed by atoms with E-state index in [0.29, 0.717) is 5.76 Å². The first-order chi connectivity index (χ1) is 6.83. The molecule has 0 aromatic carbocycles. The van der Waals surface area contributed by atoms with Crippen molar-refractivity contribution in [1.29, 1.82) is 0 Å². The van der Waals surface area contributed by atoms with E-state index in [0.717, 1.165) is 4.90 Å². The SMILES string of the molecule is CC(C)(C)OC(=O)N1CC(OI)=CC1=O. The van der Waals surface area contributed by atoms with Gasteiger partial charge in [-0.25, -0.2) is 9.69 Å². The van der Waals surface area contributed by atoms with Crippen molar-refractivity contribution < 1.29 is 17.4 Å². The fourth-order valence-electron chi connectivity index (χ4n) is 1.01. The second kappa shape index (κ2) is 4.38. The molecule has 0 aromatic heterocycles. The van der Waals surface area contributed by atoms with Crippen LogP contribution in [-0.4, -0.2) is 29.0 Å². The van der Waals surface area contributed by atoms with Crippen LogP contribution in [-0.2, 0) is 12.6 Å². The van der Waals surface area contributed by atoms with E-state index in [2.05, 4.69) is 0 Å². The normalized spacial score (nSPS) is 16.4. The van der Waals surface area contributed by atoms with E-state index < -0.39 is 17.6 Å². The van der Waals surface area contributed by atoms with E-state index in [1.54, 1.807) is 43.8 Å². The van der Waals surface area contributed by atoms with Crippen LogP contribution in [0, 0.1) is 0 Å². The average molecular weight is 325 g/mol. The van der Waals surface area contributed by atoms with Gasteiger partial charge in [0.05, 0.1) is 6.54 Å². The van der Waals surface area contributed by atoms with Crippen molar-refractivity contribution in [2.24, 2.45) is 0 Å². The molecule has 1 heterocycles. The fraction of sp³-hybridized carbons (Fsp3) is 0.556. The molecule has 84 valence electrons. The van der Waals surface area contributed by atoms with Crippen molar-refractivity contribution in [1.82, 2.24) is 4.90 Å². The number of hydrogen-bond donors (Lipinski definition) is 0. The summed E-state index contributed by atoms with van der Waals surface area (Å²) in [6, 6.07) is 0. The van der Waals surface area contributed by atoms with Gasteiger partial charge >= 0.3 is 6.09 Å². The molecule has 1 rings (SSSR count). The van der Waals surface area contributed by atoms with E-state index in [1.807, 2.05) is 0 Å². The first kappa shape index (κ1) is 12.3. The molecule has 0 atom stereocenters. The molecule has 1 aliphatic heterocycles. The lowest BCUT2D eigenvalue weighted by molar-refractivity contribution is -0.123. The van der Waals surface area contributed by atoms with Gasteiger partial charge in [-0.15, -0.1) is 0 Å². The fourth-order valence-corrected chi connectivity index (χ4v) is 1.28. The molecule has 5 nitrogen and oxygen atoms in total.